The molecule has 0 aliphatic heterocycles. The summed E-state index contributed by atoms with van der Waals surface area (Å²) in [6.45, 7) is 1.55. The summed E-state index contributed by atoms with van der Waals surface area (Å²) in [6, 6.07) is 14.7. The molecule has 2 aromatic rings. The van der Waals surface area contributed by atoms with Crippen LogP contribution in [0.4, 0.5) is 5.69 Å². The Morgan fingerprint density at radius 2 is 1.81 bits per heavy atom. The van der Waals surface area contributed by atoms with E-state index in [-0.39, 0.29) is 6.42 Å². The fourth-order valence-corrected chi connectivity index (χ4v) is 3.23. The first-order chi connectivity index (χ1) is 13.0. The van der Waals surface area contributed by atoms with Crippen LogP contribution in [0, 0.1) is 11.3 Å². The van der Waals surface area contributed by atoms with E-state index in [1.165, 1.54) is 24.0 Å². The Labute approximate surface area is 159 Å². The maximum Gasteiger partial charge on any atom is 0.311 e. The molecule has 0 bridgehead atoms. The Kier molecular flexibility index (Phi) is 5.87. The number of aryl methyl sites for hydroxylation is 2. The van der Waals surface area contributed by atoms with Crippen molar-refractivity contribution in [2.45, 2.75) is 45.1 Å². The number of hydrogen-bond donors (Lipinski definition) is 1. The first-order valence-corrected chi connectivity index (χ1v) is 9.16. The average Bonchev–Trinajstić information content (AvgIpc) is 2.68. The molecule has 0 radical (unpaired) electrons. The summed E-state index contributed by atoms with van der Waals surface area (Å²) in [5.74, 6) is -0.827. The van der Waals surface area contributed by atoms with Crippen molar-refractivity contribution >= 4 is 17.6 Å². The van der Waals surface area contributed by atoms with Gasteiger partial charge in [-0.15, -0.1) is 0 Å². The number of benzene rings is 2. The van der Waals surface area contributed by atoms with Gasteiger partial charge in [-0.05, 0) is 73.6 Å². The number of nitrogens with zero attached hydrogens (tertiary/aromatic N) is 1. The third-order valence-electron chi connectivity index (χ3n) is 4.72. The summed E-state index contributed by atoms with van der Waals surface area (Å²) >= 11 is 0. The molecule has 0 spiro atoms. The van der Waals surface area contributed by atoms with Gasteiger partial charge in [0.15, 0.2) is 6.10 Å². The van der Waals surface area contributed by atoms with E-state index in [1.807, 2.05) is 12.1 Å². The molecule has 3 rings (SSSR count). The van der Waals surface area contributed by atoms with Crippen molar-refractivity contribution in [1.82, 2.24) is 0 Å². The number of anilines is 1. The molecule has 0 aromatic heterocycles. The molecule has 27 heavy (non-hydrogen) atoms. The van der Waals surface area contributed by atoms with Crippen LogP contribution in [-0.2, 0) is 33.6 Å². The summed E-state index contributed by atoms with van der Waals surface area (Å²) in [6.07, 6.45) is 3.83. The summed E-state index contributed by atoms with van der Waals surface area (Å²) in [5, 5.41) is 11.5. The molecule has 0 fully saturated rings. The van der Waals surface area contributed by atoms with Gasteiger partial charge in [0.05, 0.1) is 18.1 Å². The van der Waals surface area contributed by atoms with Crippen molar-refractivity contribution in [1.29, 1.82) is 5.26 Å². The van der Waals surface area contributed by atoms with E-state index < -0.39 is 18.0 Å². The van der Waals surface area contributed by atoms with Crippen molar-refractivity contribution in [3.8, 4) is 6.07 Å². The van der Waals surface area contributed by atoms with Crippen LogP contribution in [0.3, 0.4) is 0 Å². The normalized spacial score (nSPS) is 13.8. The van der Waals surface area contributed by atoms with Gasteiger partial charge in [0.1, 0.15) is 0 Å². The second kappa shape index (κ2) is 8.50. The molecule has 0 heterocycles. The first-order valence-electron chi connectivity index (χ1n) is 9.16. The van der Waals surface area contributed by atoms with Gasteiger partial charge >= 0.3 is 5.97 Å². The third kappa shape index (κ3) is 4.95. The minimum absolute atomic E-state index is 0.155. The van der Waals surface area contributed by atoms with Crippen molar-refractivity contribution < 1.29 is 14.3 Å². The minimum Gasteiger partial charge on any atom is -0.452 e. The molecule has 138 valence electrons. The third-order valence-corrected chi connectivity index (χ3v) is 4.72. The minimum atomic E-state index is -0.897. The molecular formula is C22H22N2O3. The smallest absolute Gasteiger partial charge is 0.311 e. The number of hydrogen-bond acceptors (Lipinski definition) is 4. The number of rotatable bonds is 5. The fraction of sp³-hybridized carbons (Fsp3) is 0.318. The molecule has 1 aliphatic rings. The lowest BCUT2D eigenvalue weighted by Gasteiger charge is -2.17. The van der Waals surface area contributed by atoms with Crippen LogP contribution in [0.1, 0.15) is 42.0 Å². The largest absolute Gasteiger partial charge is 0.452 e. The molecule has 1 atom stereocenters. The molecule has 1 amide bonds. The Morgan fingerprint density at radius 1 is 1.11 bits per heavy atom. The highest BCUT2D eigenvalue weighted by molar-refractivity contribution is 5.95. The highest BCUT2D eigenvalue weighted by Crippen LogP contribution is 2.22. The van der Waals surface area contributed by atoms with Crippen LogP contribution < -0.4 is 5.32 Å². The molecule has 1 aliphatic carbocycles. The van der Waals surface area contributed by atoms with E-state index in [4.69, 9.17) is 10.00 Å². The standard InChI is InChI=1S/C22H22N2O3/c1-15(22(26)24-20-10-7-16(14-23)8-11-20)27-21(25)13-17-6-9-18-4-2-3-5-19(18)12-17/h6-12,15H,2-5,13H2,1H3,(H,24,26)/t15-/m0/s1. The van der Waals surface area contributed by atoms with E-state index in [0.717, 1.165) is 18.4 Å². The van der Waals surface area contributed by atoms with Gasteiger partial charge in [-0.3, -0.25) is 9.59 Å². The summed E-state index contributed by atoms with van der Waals surface area (Å²) < 4.78 is 5.27. The Morgan fingerprint density at radius 3 is 2.52 bits per heavy atom. The molecular weight excluding hydrogens is 340 g/mol. The highest BCUT2D eigenvalue weighted by atomic mass is 16.5. The molecule has 5 heteroatoms. The van der Waals surface area contributed by atoms with Gasteiger partial charge in [0.2, 0.25) is 0 Å². The number of carbonyl (C=O) groups excluding carboxylic acids is 2. The van der Waals surface area contributed by atoms with Crippen LogP contribution in [0.2, 0.25) is 0 Å². The fourth-order valence-electron chi connectivity index (χ4n) is 3.23. The number of nitriles is 1. The number of ether oxygens (including phenoxy) is 1. The van der Waals surface area contributed by atoms with Gasteiger partial charge in [-0.2, -0.15) is 5.26 Å². The Balaban J connectivity index is 1.53. The second-order valence-corrected chi connectivity index (χ2v) is 6.80. The monoisotopic (exact) mass is 362 g/mol. The lowest BCUT2D eigenvalue weighted by Crippen LogP contribution is -2.30. The Bertz CT molecular complexity index is 881. The molecule has 1 N–H and O–H groups in total. The zero-order chi connectivity index (χ0) is 19.2. The van der Waals surface area contributed by atoms with Crippen molar-refractivity contribution in [2.75, 3.05) is 5.32 Å². The molecule has 0 saturated carbocycles. The highest BCUT2D eigenvalue weighted by Gasteiger charge is 2.19. The predicted molar refractivity (Wildman–Crippen MR) is 102 cm³/mol. The number of carbonyl (C=O) groups is 2. The van der Waals surface area contributed by atoms with Crippen LogP contribution in [0.25, 0.3) is 0 Å². The van der Waals surface area contributed by atoms with Crippen molar-refractivity contribution in [3.63, 3.8) is 0 Å². The van der Waals surface area contributed by atoms with Gasteiger partial charge < -0.3 is 10.1 Å². The Hall–Kier alpha value is -3.13. The quantitative estimate of drug-likeness (QED) is 0.825. The SMILES string of the molecule is C[C@H](OC(=O)Cc1ccc2c(c1)CCCC2)C(=O)Nc1ccc(C#N)cc1. The van der Waals surface area contributed by atoms with E-state index >= 15 is 0 Å². The zero-order valence-electron chi connectivity index (χ0n) is 15.3. The van der Waals surface area contributed by atoms with E-state index in [0.29, 0.717) is 11.3 Å². The number of esters is 1. The van der Waals surface area contributed by atoms with Crippen LogP contribution >= 0.6 is 0 Å². The summed E-state index contributed by atoms with van der Waals surface area (Å²) in [5.41, 5.74) is 4.67. The molecule has 5 nitrogen and oxygen atoms in total. The lowest BCUT2D eigenvalue weighted by atomic mass is 9.90. The van der Waals surface area contributed by atoms with E-state index in [2.05, 4.69) is 17.4 Å². The van der Waals surface area contributed by atoms with Crippen LogP contribution in [0.15, 0.2) is 42.5 Å². The molecule has 2 aromatic carbocycles. The van der Waals surface area contributed by atoms with Crippen LogP contribution in [-0.4, -0.2) is 18.0 Å². The van der Waals surface area contributed by atoms with Gasteiger partial charge in [0, 0.05) is 5.69 Å². The second-order valence-electron chi connectivity index (χ2n) is 6.80. The summed E-state index contributed by atoms with van der Waals surface area (Å²) in [7, 11) is 0. The lowest BCUT2D eigenvalue weighted by molar-refractivity contribution is -0.152. The first kappa shape index (κ1) is 18.7. The maximum atomic E-state index is 12.2. The van der Waals surface area contributed by atoms with E-state index in [1.54, 1.807) is 31.2 Å². The molecule has 0 saturated heterocycles. The number of nitrogens with one attached hydrogen (secondary N) is 1. The van der Waals surface area contributed by atoms with E-state index in [9.17, 15) is 9.59 Å². The maximum absolute atomic E-state index is 12.2. The van der Waals surface area contributed by atoms with Gasteiger partial charge in [-0.1, -0.05) is 18.2 Å². The zero-order valence-corrected chi connectivity index (χ0v) is 15.3. The predicted octanol–water partition coefficient (Wildman–Crippen LogP) is 3.55. The molecule has 0 unspecified atom stereocenters. The topological polar surface area (TPSA) is 79.2 Å². The average molecular weight is 362 g/mol. The summed E-state index contributed by atoms with van der Waals surface area (Å²) in [4.78, 5) is 24.4. The van der Waals surface area contributed by atoms with Crippen LogP contribution in [0.5, 0.6) is 0 Å². The van der Waals surface area contributed by atoms with Gasteiger partial charge in [0.25, 0.3) is 5.91 Å². The number of fused-ring (bicyclic) bond motifs is 1. The number of amides is 1. The van der Waals surface area contributed by atoms with Gasteiger partial charge in [-0.25, -0.2) is 0 Å². The van der Waals surface area contributed by atoms with Crippen molar-refractivity contribution in [3.05, 3.63) is 64.7 Å². The van der Waals surface area contributed by atoms with Crippen molar-refractivity contribution in [2.24, 2.45) is 0 Å².